The van der Waals surface area contributed by atoms with E-state index >= 15 is 0 Å². The number of hydrogen-bond acceptors (Lipinski definition) is 1. The highest BCUT2D eigenvalue weighted by atomic mass is 79.9. The molecule has 0 aliphatic rings. The Balaban J connectivity index is 1.88. The number of nitrogens with one attached hydrogen (secondary N) is 2. The summed E-state index contributed by atoms with van der Waals surface area (Å²) in [4.78, 5) is 11.7. The fourth-order valence-corrected chi connectivity index (χ4v) is 2.18. The van der Waals surface area contributed by atoms with Gasteiger partial charge in [-0.15, -0.1) is 0 Å². The minimum absolute atomic E-state index is 0.252. The van der Waals surface area contributed by atoms with Gasteiger partial charge in [0.05, 0.1) is 0 Å². The lowest BCUT2D eigenvalue weighted by Gasteiger charge is -2.08. The van der Waals surface area contributed by atoms with Crippen LogP contribution in [-0.2, 0) is 6.54 Å². The van der Waals surface area contributed by atoms with E-state index in [9.17, 15) is 4.79 Å². The minimum Gasteiger partial charge on any atom is -0.334 e. The van der Waals surface area contributed by atoms with Crippen molar-refractivity contribution in [3.63, 3.8) is 0 Å². The summed E-state index contributed by atoms with van der Waals surface area (Å²) in [5.41, 5.74) is 1.69. The first-order valence-corrected chi connectivity index (χ1v) is 6.85. The zero-order valence-corrected chi connectivity index (χ0v) is 12.3. The largest absolute Gasteiger partial charge is 0.334 e. The second kappa shape index (κ2) is 6.59. The van der Waals surface area contributed by atoms with Crippen LogP contribution in [0.2, 0.25) is 5.02 Å². The molecule has 0 saturated carbocycles. The summed E-state index contributed by atoms with van der Waals surface area (Å²) < 4.78 is 0.917. The van der Waals surface area contributed by atoms with Crippen LogP contribution in [-0.4, -0.2) is 6.03 Å². The van der Waals surface area contributed by atoms with Gasteiger partial charge in [-0.2, -0.15) is 0 Å². The van der Waals surface area contributed by atoms with Crippen molar-refractivity contribution in [2.45, 2.75) is 6.54 Å². The van der Waals surface area contributed by atoms with E-state index in [1.807, 2.05) is 42.5 Å². The Labute approximate surface area is 125 Å². The highest BCUT2D eigenvalue weighted by Gasteiger charge is 2.02. The van der Waals surface area contributed by atoms with Crippen LogP contribution >= 0.6 is 27.5 Å². The SMILES string of the molecule is O=C(NCc1cccc(Cl)c1)Nc1cccc(Br)c1. The Hall–Kier alpha value is -1.52. The van der Waals surface area contributed by atoms with Crippen LogP contribution in [0.1, 0.15) is 5.56 Å². The van der Waals surface area contributed by atoms with Crippen molar-refractivity contribution in [2.24, 2.45) is 0 Å². The smallest absolute Gasteiger partial charge is 0.319 e. The molecule has 2 N–H and O–H groups in total. The molecular weight excluding hydrogens is 328 g/mol. The molecule has 2 rings (SSSR count). The van der Waals surface area contributed by atoms with Gasteiger partial charge in [-0.1, -0.05) is 45.7 Å². The first-order chi connectivity index (χ1) is 9.13. The minimum atomic E-state index is -0.252. The molecule has 0 aliphatic heterocycles. The van der Waals surface area contributed by atoms with Gasteiger partial charge < -0.3 is 10.6 Å². The van der Waals surface area contributed by atoms with Crippen molar-refractivity contribution in [1.29, 1.82) is 0 Å². The Morgan fingerprint density at radius 2 is 1.95 bits per heavy atom. The standard InChI is InChI=1S/C14H12BrClN2O/c15-11-4-2-6-13(8-11)18-14(19)17-9-10-3-1-5-12(16)7-10/h1-8H,9H2,(H2,17,18,19). The molecular formula is C14H12BrClN2O. The van der Waals surface area contributed by atoms with Gasteiger partial charge in [0.2, 0.25) is 0 Å². The van der Waals surface area contributed by atoms with E-state index in [2.05, 4.69) is 26.6 Å². The van der Waals surface area contributed by atoms with Crippen LogP contribution < -0.4 is 10.6 Å². The van der Waals surface area contributed by atoms with Crippen LogP contribution in [0.25, 0.3) is 0 Å². The summed E-state index contributed by atoms with van der Waals surface area (Å²) in [5, 5.41) is 6.18. The Kier molecular flexibility index (Phi) is 4.82. The molecule has 0 bridgehead atoms. The summed E-state index contributed by atoms with van der Waals surface area (Å²) in [5.74, 6) is 0. The van der Waals surface area contributed by atoms with E-state index in [4.69, 9.17) is 11.6 Å². The first kappa shape index (κ1) is 13.9. The van der Waals surface area contributed by atoms with Crippen molar-refractivity contribution in [2.75, 3.05) is 5.32 Å². The van der Waals surface area contributed by atoms with Gasteiger partial charge >= 0.3 is 6.03 Å². The van der Waals surface area contributed by atoms with Crippen molar-refractivity contribution < 1.29 is 4.79 Å². The second-order valence-corrected chi connectivity index (χ2v) is 5.30. The fourth-order valence-electron chi connectivity index (χ4n) is 1.57. The molecule has 0 aliphatic carbocycles. The molecule has 0 saturated heterocycles. The Bertz CT molecular complexity index is 589. The molecule has 5 heteroatoms. The molecule has 98 valence electrons. The lowest BCUT2D eigenvalue weighted by Crippen LogP contribution is -2.28. The monoisotopic (exact) mass is 338 g/mol. The van der Waals surface area contributed by atoms with Gasteiger partial charge in [-0.25, -0.2) is 4.79 Å². The molecule has 0 fully saturated rings. The van der Waals surface area contributed by atoms with Crippen molar-refractivity contribution in [3.8, 4) is 0 Å². The summed E-state index contributed by atoms with van der Waals surface area (Å²) in [7, 11) is 0. The van der Waals surface area contributed by atoms with E-state index in [1.165, 1.54) is 0 Å². The molecule has 0 spiro atoms. The number of carbonyl (C=O) groups excluding carboxylic acids is 1. The predicted molar refractivity (Wildman–Crippen MR) is 81.5 cm³/mol. The van der Waals surface area contributed by atoms with Crippen molar-refractivity contribution in [3.05, 3.63) is 63.6 Å². The zero-order chi connectivity index (χ0) is 13.7. The summed E-state index contributed by atoms with van der Waals surface area (Å²) in [6.45, 7) is 0.431. The maximum atomic E-state index is 11.7. The quantitative estimate of drug-likeness (QED) is 0.853. The number of benzene rings is 2. The normalized spacial score (nSPS) is 10.0. The Morgan fingerprint density at radius 3 is 2.68 bits per heavy atom. The van der Waals surface area contributed by atoms with E-state index in [0.717, 1.165) is 15.7 Å². The van der Waals surface area contributed by atoms with Gasteiger partial charge in [0, 0.05) is 21.7 Å². The third-order valence-electron chi connectivity index (χ3n) is 2.42. The number of carbonyl (C=O) groups is 1. The van der Waals surface area contributed by atoms with Crippen molar-refractivity contribution in [1.82, 2.24) is 5.32 Å². The maximum Gasteiger partial charge on any atom is 0.319 e. The summed E-state index contributed by atoms with van der Waals surface area (Å²) >= 11 is 9.22. The van der Waals surface area contributed by atoms with E-state index in [1.54, 1.807) is 6.07 Å². The topological polar surface area (TPSA) is 41.1 Å². The van der Waals surface area contributed by atoms with Crippen LogP contribution in [0, 0.1) is 0 Å². The second-order valence-electron chi connectivity index (χ2n) is 3.95. The number of halogens is 2. The van der Waals surface area contributed by atoms with E-state index in [-0.39, 0.29) is 6.03 Å². The number of urea groups is 1. The molecule has 0 atom stereocenters. The lowest BCUT2D eigenvalue weighted by atomic mass is 10.2. The van der Waals surface area contributed by atoms with Crippen LogP contribution in [0.4, 0.5) is 10.5 Å². The van der Waals surface area contributed by atoms with Crippen LogP contribution in [0.3, 0.4) is 0 Å². The number of hydrogen-bond donors (Lipinski definition) is 2. The van der Waals surface area contributed by atoms with Crippen LogP contribution in [0.5, 0.6) is 0 Å². The van der Waals surface area contributed by atoms with Crippen LogP contribution in [0.15, 0.2) is 53.0 Å². The molecule has 2 aromatic carbocycles. The molecule has 0 aromatic heterocycles. The van der Waals surface area contributed by atoms with Crippen molar-refractivity contribution >= 4 is 39.2 Å². The van der Waals surface area contributed by atoms with Gasteiger partial charge in [-0.05, 0) is 35.9 Å². The van der Waals surface area contributed by atoms with Gasteiger partial charge in [-0.3, -0.25) is 0 Å². The highest BCUT2D eigenvalue weighted by molar-refractivity contribution is 9.10. The summed E-state index contributed by atoms with van der Waals surface area (Å²) in [6, 6.07) is 14.5. The average Bonchev–Trinajstić information content (AvgIpc) is 2.36. The Morgan fingerprint density at radius 1 is 1.16 bits per heavy atom. The van der Waals surface area contributed by atoms with Gasteiger partial charge in [0.1, 0.15) is 0 Å². The van der Waals surface area contributed by atoms with Gasteiger partial charge in [0.25, 0.3) is 0 Å². The third-order valence-corrected chi connectivity index (χ3v) is 3.15. The molecule has 2 amide bonds. The molecule has 0 heterocycles. The molecule has 0 radical (unpaired) electrons. The first-order valence-electron chi connectivity index (χ1n) is 5.68. The molecule has 19 heavy (non-hydrogen) atoms. The van der Waals surface area contributed by atoms with E-state index in [0.29, 0.717) is 11.6 Å². The average molecular weight is 340 g/mol. The zero-order valence-electron chi connectivity index (χ0n) is 9.99. The highest BCUT2D eigenvalue weighted by Crippen LogP contribution is 2.15. The predicted octanol–water partition coefficient (Wildman–Crippen LogP) is 4.42. The summed E-state index contributed by atoms with van der Waals surface area (Å²) in [6.07, 6.45) is 0. The third kappa shape index (κ3) is 4.58. The fraction of sp³-hybridized carbons (Fsp3) is 0.0714. The lowest BCUT2D eigenvalue weighted by molar-refractivity contribution is 0.251. The van der Waals surface area contributed by atoms with E-state index < -0.39 is 0 Å². The molecule has 2 aromatic rings. The van der Waals surface area contributed by atoms with Gasteiger partial charge in [0.15, 0.2) is 0 Å². The number of amides is 2. The molecule has 0 unspecified atom stereocenters. The number of rotatable bonds is 3. The maximum absolute atomic E-state index is 11.7. The number of anilines is 1. The molecule has 3 nitrogen and oxygen atoms in total.